The predicted octanol–water partition coefficient (Wildman–Crippen LogP) is 4.20. The van der Waals surface area contributed by atoms with Gasteiger partial charge in [-0.3, -0.25) is 10.1 Å². The van der Waals surface area contributed by atoms with Crippen molar-refractivity contribution < 1.29 is 9.72 Å². The summed E-state index contributed by atoms with van der Waals surface area (Å²) in [4.78, 5) is 22.1. The SMILES string of the molecule is Cc1cc(NC(=O)Nc2cccc(Cl)c2)ccc1[N+](=O)[O-]. The van der Waals surface area contributed by atoms with Crippen molar-refractivity contribution in [2.45, 2.75) is 6.92 Å². The van der Waals surface area contributed by atoms with E-state index in [0.717, 1.165) is 0 Å². The molecule has 2 rings (SSSR count). The highest BCUT2D eigenvalue weighted by atomic mass is 35.5. The van der Waals surface area contributed by atoms with Crippen LogP contribution in [0.5, 0.6) is 0 Å². The second-order valence-electron chi connectivity index (χ2n) is 4.35. The standard InChI is InChI=1S/C14H12ClN3O3/c1-9-7-12(5-6-13(9)18(20)21)17-14(19)16-11-4-2-3-10(15)8-11/h2-8H,1H3,(H2,16,17,19). The first kappa shape index (κ1) is 14.8. The summed E-state index contributed by atoms with van der Waals surface area (Å²) in [6, 6.07) is 10.6. The number of hydrogen-bond donors (Lipinski definition) is 2. The molecule has 7 heteroatoms. The van der Waals surface area contributed by atoms with Crippen LogP contribution in [-0.4, -0.2) is 11.0 Å². The molecular formula is C14H12ClN3O3. The Hall–Kier alpha value is -2.60. The molecule has 0 aliphatic rings. The molecule has 2 amide bonds. The number of hydrogen-bond acceptors (Lipinski definition) is 3. The fourth-order valence-corrected chi connectivity index (χ4v) is 1.99. The Kier molecular flexibility index (Phi) is 4.39. The molecule has 0 saturated carbocycles. The van der Waals surface area contributed by atoms with E-state index in [1.807, 2.05) is 0 Å². The number of nitrogens with one attached hydrogen (secondary N) is 2. The smallest absolute Gasteiger partial charge is 0.308 e. The average molecular weight is 306 g/mol. The highest BCUT2D eigenvalue weighted by Crippen LogP contribution is 2.22. The van der Waals surface area contributed by atoms with E-state index in [2.05, 4.69) is 10.6 Å². The number of anilines is 2. The van der Waals surface area contributed by atoms with Crippen molar-refractivity contribution in [2.75, 3.05) is 10.6 Å². The zero-order valence-electron chi connectivity index (χ0n) is 11.1. The van der Waals surface area contributed by atoms with Crippen LogP contribution in [0.4, 0.5) is 21.9 Å². The normalized spacial score (nSPS) is 10.0. The molecule has 2 N–H and O–H groups in total. The number of benzene rings is 2. The van der Waals surface area contributed by atoms with Crippen LogP contribution in [0.3, 0.4) is 0 Å². The Balaban J connectivity index is 2.06. The van der Waals surface area contributed by atoms with Crippen LogP contribution in [0.15, 0.2) is 42.5 Å². The lowest BCUT2D eigenvalue weighted by Gasteiger charge is -2.08. The van der Waals surface area contributed by atoms with Crippen LogP contribution in [-0.2, 0) is 0 Å². The van der Waals surface area contributed by atoms with E-state index in [1.54, 1.807) is 31.2 Å². The molecule has 21 heavy (non-hydrogen) atoms. The third-order valence-electron chi connectivity index (χ3n) is 2.73. The molecule has 0 aliphatic carbocycles. The summed E-state index contributed by atoms with van der Waals surface area (Å²) in [6.07, 6.45) is 0. The van der Waals surface area contributed by atoms with Gasteiger partial charge in [0.15, 0.2) is 0 Å². The van der Waals surface area contributed by atoms with Crippen molar-refractivity contribution in [3.63, 3.8) is 0 Å². The fourth-order valence-electron chi connectivity index (χ4n) is 1.80. The van der Waals surface area contributed by atoms with E-state index in [-0.39, 0.29) is 5.69 Å². The summed E-state index contributed by atoms with van der Waals surface area (Å²) < 4.78 is 0. The van der Waals surface area contributed by atoms with Crippen LogP contribution in [0.25, 0.3) is 0 Å². The predicted molar refractivity (Wildman–Crippen MR) is 81.9 cm³/mol. The molecule has 2 aromatic carbocycles. The van der Waals surface area contributed by atoms with E-state index < -0.39 is 11.0 Å². The van der Waals surface area contributed by atoms with Crippen molar-refractivity contribution in [1.82, 2.24) is 0 Å². The molecule has 0 aliphatic heterocycles. The third-order valence-corrected chi connectivity index (χ3v) is 2.97. The molecule has 0 saturated heterocycles. The van der Waals surface area contributed by atoms with Gasteiger partial charge in [-0.15, -0.1) is 0 Å². The minimum atomic E-state index is -0.467. The Morgan fingerprint density at radius 1 is 1.14 bits per heavy atom. The van der Waals surface area contributed by atoms with Gasteiger partial charge >= 0.3 is 6.03 Å². The van der Waals surface area contributed by atoms with Crippen LogP contribution < -0.4 is 10.6 Å². The molecule has 0 fully saturated rings. The number of rotatable bonds is 3. The zero-order chi connectivity index (χ0) is 15.4. The van der Waals surface area contributed by atoms with Gasteiger partial charge in [0.2, 0.25) is 0 Å². The Morgan fingerprint density at radius 3 is 2.38 bits per heavy atom. The highest BCUT2D eigenvalue weighted by molar-refractivity contribution is 6.30. The van der Waals surface area contributed by atoms with E-state index in [1.165, 1.54) is 18.2 Å². The van der Waals surface area contributed by atoms with Crippen molar-refractivity contribution in [3.05, 3.63) is 63.2 Å². The van der Waals surface area contributed by atoms with E-state index in [4.69, 9.17) is 11.6 Å². The lowest BCUT2D eigenvalue weighted by molar-refractivity contribution is -0.385. The first-order valence-electron chi connectivity index (χ1n) is 6.04. The van der Waals surface area contributed by atoms with Gasteiger partial charge in [-0.25, -0.2) is 4.79 Å². The molecule has 2 aromatic rings. The molecule has 0 spiro atoms. The molecular weight excluding hydrogens is 294 g/mol. The maximum Gasteiger partial charge on any atom is 0.323 e. The minimum absolute atomic E-state index is 0.01000. The highest BCUT2D eigenvalue weighted by Gasteiger charge is 2.11. The number of aryl methyl sites for hydroxylation is 1. The summed E-state index contributed by atoms with van der Waals surface area (Å²) in [5.74, 6) is 0. The number of nitrogens with zero attached hydrogens (tertiary/aromatic N) is 1. The number of amides is 2. The van der Waals surface area contributed by atoms with Gasteiger partial charge in [0.25, 0.3) is 5.69 Å². The van der Waals surface area contributed by atoms with Crippen molar-refractivity contribution in [1.29, 1.82) is 0 Å². The van der Waals surface area contributed by atoms with Gasteiger partial charge in [0, 0.05) is 28.0 Å². The fraction of sp³-hybridized carbons (Fsp3) is 0.0714. The number of carbonyl (C=O) groups is 1. The first-order valence-corrected chi connectivity index (χ1v) is 6.42. The second-order valence-corrected chi connectivity index (χ2v) is 4.78. The number of nitro groups is 1. The van der Waals surface area contributed by atoms with Crippen LogP contribution >= 0.6 is 11.6 Å². The molecule has 0 atom stereocenters. The third kappa shape index (κ3) is 3.93. The van der Waals surface area contributed by atoms with E-state index in [0.29, 0.717) is 22.0 Å². The van der Waals surface area contributed by atoms with Crippen molar-refractivity contribution in [3.8, 4) is 0 Å². The number of nitro benzene ring substituents is 1. The number of halogens is 1. The molecule has 108 valence electrons. The van der Waals surface area contributed by atoms with Gasteiger partial charge in [0.05, 0.1) is 4.92 Å². The Labute approximate surface area is 125 Å². The first-order chi connectivity index (χ1) is 9.95. The molecule has 0 radical (unpaired) electrons. The second kappa shape index (κ2) is 6.23. The summed E-state index contributed by atoms with van der Waals surface area (Å²) >= 11 is 5.82. The summed E-state index contributed by atoms with van der Waals surface area (Å²) in [6.45, 7) is 1.61. The lowest BCUT2D eigenvalue weighted by Crippen LogP contribution is -2.19. The number of carbonyl (C=O) groups excluding carboxylic acids is 1. The number of urea groups is 1. The van der Waals surface area contributed by atoms with E-state index >= 15 is 0 Å². The monoisotopic (exact) mass is 305 g/mol. The van der Waals surface area contributed by atoms with Crippen LogP contribution in [0.2, 0.25) is 5.02 Å². The maximum absolute atomic E-state index is 11.8. The van der Waals surface area contributed by atoms with E-state index in [9.17, 15) is 14.9 Å². The van der Waals surface area contributed by atoms with Crippen molar-refractivity contribution >= 4 is 34.7 Å². The van der Waals surface area contributed by atoms with Gasteiger partial charge in [-0.1, -0.05) is 17.7 Å². The largest absolute Gasteiger partial charge is 0.323 e. The molecule has 0 heterocycles. The quantitative estimate of drug-likeness (QED) is 0.658. The summed E-state index contributed by atoms with van der Waals surface area (Å²) in [5, 5.41) is 16.5. The summed E-state index contributed by atoms with van der Waals surface area (Å²) in [5.41, 5.74) is 1.51. The van der Waals surface area contributed by atoms with Gasteiger partial charge in [-0.05, 0) is 37.3 Å². The topological polar surface area (TPSA) is 84.3 Å². The molecule has 0 aromatic heterocycles. The molecule has 0 unspecified atom stereocenters. The van der Waals surface area contributed by atoms with Gasteiger partial charge in [-0.2, -0.15) is 0 Å². The minimum Gasteiger partial charge on any atom is -0.308 e. The van der Waals surface area contributed by atoms with Crippen molar-refractivity contribution in [2.24, 2.45) is 0 Å². The zero-order valence-corrected chi connectivity index (χ0v) is 11.8. The lowest BCUT2D eigenvalue weighted by atomic mass is 10.2. The van der Waals surface area contributed by atoms with Gasteiger partial charge < -0.3 is 10.6 Å². The van der Waals surface area contributed by atoms with Crippen LogP contribution in [0, 0.1) is 17.0 Å². The Bertz CT molecular complexity index is 704. The summed E-state index contributed by atoms with van der Waals surface area (Å²) in [7, 11) is 0. The maximum atomic E-state index is 11.8. The van der Waals surface area contributed by atoms with Crippen LogP contribution in [0.1, 0.15) is 5.56 Å². The molecule has 6 nitrogen and oxygen atoms in total. The average Bonchev–Trinajstić information content (AvgIpc) is 2.38. The van der Waals surface area contributed by atoms with Gasteiger partial charge in [0.1, 0.15) is 0 Å². The molecule has 0 bridgehead atoms. The Morgan fingerprint density at radius 2 is 1.81 bits per heavy atom.